The minimum Gasteiger partial charge on any atom is -0.381 e. The van der Waals surface area contributed by atoms with E-state index in [0.29, 0.717) is 5.92 Å². The molecular weight excluding hydrogens is 240 g/mol. The first-order valence-corrected chi connectivity index (χ1v) is 6.78. The lowest BCUT2D eigenvalue weighted by molar-refractivity contribution is -0.123. The van der Waals surface area contributed by atoms with Gasteiger partial charge < -0.3 is 15.8 Å². The third-order valence-electron chi connectivity index (χ3n) is 3.76. The first-order valence-electron chi connectivity index (χ1n) is 6.78. The van der Waals surface area contributed by atoms with Gasteiger partial charge in [-0.3, -0.25) is 4.79 Å². The average molecular weight is 262 g/mol. The molecule has 1 aromatic rings. The summed E-state index contributed by atoms with van der Waals surface area (Å²) < 4.78 is 5.34. The van der Waals surface area contributed by atoms with Crippen LogP contribution in [-0.4, -0.2) is 25.2 Å². The molecule has 1 fully saturated rings. The number of carbonyl (C=O) groups excluding carboxylic acids is 1. The van der Waals surface area contributed by atoms with Crippen LogP contribution < -0.4 is 11.1 Å². The van der Waals surface area contributed by atoms with E-state index in [1.165, 1.54) is 0 Å². The molecule has 4 heteroatoms. The van der Waals surface area contributed by atoms with E-state index in [1.807, 2.05) is 38.1 Å². The van der Waals surface area contributed by atoms with Gasteiger partial charge in [-0.15, -0.1) is 0 Å². The summed E-state index contributed by atoms with van der Waals surface area (Å²) in [6, 6.07) is 7.25. The van der Waals surface area contributed by atoms with E-state index in [-0.39, 0.29) is 11.9 Å². The van der Waals surface area contributed by atoms with Crippen molar-refractivity contribution in [1.82, 2.24) is 5.32 Å². The molecule has 4 nitrogen and oxygen atoms in total. The molecule has 2 rings (SSSR count). The van der Waals surface area contributed by atoms with Gasteiger partial charge in [0.15, 0.2) is 0 Å². The zero-order chi connectivity index (χ0) is 13.8. The van der Waals surface area contributed by atoms with Gasteiger partial charge in [0.1, 0.15) is 6.04 Å². The molecule has 1 aliphatic rings. The quantitative estimate of drug-likeness (QED) is 0.865. The monoisotopic (exact) mass is 262 g/mol. The maximum absolute atomic E-state index is 12.1. The molecule has 3 unspecified atom stereocenters. The minimum atomic E-state index is -0.606. The maximum Gasteiger partial charge on any atom is 0.241 e. The molecule has 1 aliphatic heterocycles. The van der Waals surface area contributed by atoms with Crippen LogP contribution in [0.5, 0.6) is 0 Å². The minimum absolute atomic E-state index is 0.103. The van der Waals surface area contributed by atoms with Crippen LogP contribution in [0.1, 0.15) is 30.5 Å². The molecule has 1 aromatic carbocycles. The molecule has 0 aromatic heterocycles. The highest BCUT2D eigenvalue weighted by molar-refractivity contribution is 5.83. The fourth-order valence-corrected chi connectivity index (χ4v) is 2.30. The molecule has 0 aliphatic carbocycles. The summed E-state index contributed by atoms with van der Waals surface area (Å²) in [4.78, 5) is 12.1. The Labute approximate surface area is 114 Å². The second-order valence-electron chi connectivity index (χ2n) is 5.31. The molecule has 1 heterocycles. The zero-order valence-electron chi connectivity index (χ0n) is 11.6. The van der Waals surface area contributed by atoms with Crippen LogP contribution >= 0.6 is 0 Å². The largest absolute Gasteiger partial charge is 0.381 e. The molecule has 1 amide bonds. The van der Waals surface area contributed by atoms with Gasteiger partial charge in [0.2, 0.25) is 5.91 Å². The Morgan fingerprint density at radius 3 is 2.68 bits per heavy atom. The van der Waals surface area contributed by atoms with Crippen LogP contribution in [0.3, 0.4) is 0 Å². The highest BCUT2D eigenvalue weighted by Gasteiger charge is 2.25. The molecule has 3 atom stereocenters. The molecule has 0 radical (unpaired) electrons. The smallest absolute Gasteiger partial charge is 0.241 e. The molecule has 0 saturated carbocycles. The lowest BCUT2D eigenvalue weighted by Gasteiger charge is -2.21. The summed E-state index contributed by atoms with van der Waals surface area (Å²) in [5.74, 6) is 0.275. The Hall–Kier alpha value is -1.39. The maximum atomic E-state index is 12.1. The van der Waals surface area contributed by atoms with Gasteiger partial charge in [-0.25, -0.2) is 0 Å². The van der Waals surface area contributed by atoms with Gasteiger partial charge in [0, 0.05) is 18.6 Å². The summed E-state index contributed by atoms with van der Waals surface area (Å²) in [5.41, 5.74) is 8.00. The number of nitrogens with one attached hydrogen (secondary N) is 1. The Bertz CT molecular complexity index is 424. The van der Waals surface area contributed by atoms with Crippen molar-refractivity contribution in [3.63, 3.8) is 0 Å². The predicted molar refractivity (Wildman–Crippen MR) is 74.6 cm³/mol. The number of nitrogens with two attached hydrogens (primary N) is 1. The van der Waals surface area contributed by atoms with Crippen molar-refractivity contribution >= 4 is 5.91 Å². The van der Waals surface area contributed by atoms with E-state index >= 15 is 0 Å². The van der Waals surface area contributed by atoms with E-state index in [0.717, 1.165) is 30.8 Å². The van der Waals surface area contributed by atoms with Crippen LogP contribution in [0, 0.1) is 12.8 Å². The number of aryl methyl sites for hydroxylation is 1. The summed E-state index contributed by atoms with van der Waals surface area (Å²) in [6.07, 6.45) is 1.00. The standard InChI is InChI=1S/C15H22N2O2/c1-10-3-5-12(6-4-10)14(16)15(18)17-11(2)13-7-8-19-9-13/h3-6,11,13-14H,7-9,16H2,1-2H3,(H,17,18). The number of hydrogen-bond acceptors (Lipinski definition) is 3. The Morgan fingerprint density at radius 2 is 2.11 bits per heavy atom. The molecule has 19 heavy (non-hydrogen) atoms. The number of amides is 1. The molecular formula is C15H22N2O2. The second-order valence-corrected chi connectivity index (χ2v) is 5.31. The topological polar surface area (TPSA) is 64.4 Å². The Morgan fingerprint density at radius 1 is 1.42 bits per heavy atom. The summed E-state index contributed by atoms with van der Waals surface area (Å²) in [5, 5.41) is 2.99. The lowest BCUT2D eigenvalue weighted by Crippen LogP contribution is -2.43. The van der Waals surface area contributed by atoms with Crippen molar-refractivity contribution in [2.24, 2.45) is 11.7 Å². The van der Waals surface area contributed by atoms with Gasteiger partial charge in [0.25, 0.3) is 0 Å². The first kappa shape index (κ1) is 14.0. The second kappa shape index (κ2) is 6.17. The molecule has 0 bridgehead atoms. The number of carbonyl (C=O) groups is 1. The molecule has 0 spiro atoms. The highest BCUT2D eigenvalue weighted by Crippen LogP contribution is 2.18. The lowest BCUT2D eigenvalue weighted by atomic mass is 9.99. The predicted octanol–water partition coefficient (Wildman–Crippen LogP) is 1.54. The van der Waals surface area contributed by atoms with Crippen LogP contribution in [0.15, 0.2) is 24.3 Å². The summed E-state index contributed by atoms with van der Waals surface area (Å²) >= 11 is 0. The van der Waals surface area contributed by atoms with Crippen LogP contribution in [-0.2, 0) is 9.53 Å². The fourth-order valence-electron chi connectivity index (χ4n) is 2.30. The average Bonchev–Trinajstić information content (AvgIpc) is 2.92. The number of ether oxygens (including phenoxy) is 1. The summed E-state index contributed by atoms with van der Waals surface area (Å²) in [7, 11) is 0. The van der Waals surface area contributed by atoms with Gasteiger partial charge in [-0.05, 0) is 25.8 Å². The third kappa shape index (κ3) is 3.55. The number of benzene rings is 1. The Kier molecular flexibility index (Phi) is 4.56. The third-order valence-corrected chi connectivity index (χ3v) is 3.76. The van der Waals surface area contributed by atoms with E-state index in [9.17, 15) is 4.79 Å². The fraction of sp³-hybridized carbons (Fsp3) is 0.533. The van der Waals surface area contributed by atoms with Crippen molar-refractivity contribution in [3.8, 4) is 0 Å². The van der Waals surface area contributed by atoms with Crippen LogP contribution in [0.2, 0.25) is 0 Å². The molecule has 3 N–H and O–H groups in total. The van der Waals surface area contributed by atoms with Gasteiger partial charge >= 0.3 is 0 Å². The van der Waals surface area contributed by atoms with E-state index in [4.69, 9.17) is 10.5 Å². The SMILES string of the molecule is Cc1ccc(C(N)C(=O)NC(C)C2CCOC2)cc1. The van der Waals surface area contributed by atoms with Crippen LogP contribution in [0.25, 0.3) is 0 Å². The van der Waals surface area contributed by atoms with E-state index < -0.39 is 6.04 Å². The zero-order valence-corrected chi connectivity index (χ0v) is 11.6. The van der Waals surface area contributed by atoms with Crippen molar-refractivity contribution in [3.05, 3.63) is 35.4 Å². The Balaban J connectivity index is 1.93. The van der Waals surface area contributed by atoms with Crippen LogP contribution in [0.4, 0.5) is 0 Å². The first-order chi connectivity index (χ1) is 9.08. The van der Waals surface area contributed by atoms with Crippen molar-refractivity contribution < 1.29 is 9.53 Å². The van der Waals surface area contributed by atoms with Crippen molar-refractivity contribution in [1.29, 1.82) is 0 Å². The van der Waals surface area contributed by atoms with E-state index in [2.05, 4.69) is 5.32 Å². The van der Waals surface area contributed by atoms with Crippen molar-refractivity contribution in [2.45, 2.75) is 32.4 Å². The molecule has 104 valence electrons. The number of rotatable bonds is 4. The normalized spacial score (nSPS) is 21.9. The van der Waals surface area contributed by atoms with E-state index in [1.54, 1.807) is 0 Å². The summed E-state index contributed by atoms with van der Waals surface area (Å²) in [6.45, 7) is 5.53. The number of hydrogen-bond donors (Lipinski definition) is 2. The van der Waals surface area contributed by atoms with Crippen molar-refractivity contribution in [2.75, 3.05) is 13.2 Å². The molecule has 1 saturated heterocycles. The van der Waals surface area contributed by atoms with Gasteiger partial charge in [-0.2, -0.15) is 0 Å². The highest BCUT2D eigenvalue weighted by atomic mass is 16.5. The van der Waals surface area contributed by atoms with Gasteiger partial charge in [-0.1, -0.05) is 29.8 Å². The van der Waals surface area contributed by atoms with Gasteiger partial charge in [0.05, 0.1) is 6.61 Å².